The van der Waals surface area contributed by atoms with Crippen molar-refractivity contribution in [2.75, 3.05) is 0 Å². The number of para-hydroxylation sites is 1. The van der Waals surface area contributed by atoms with Crippen LogP contribution in [0.3, 0.4) is 0 Å². The SMILES string of the molecule is Fc1ccccc1OCc1noc(-c2cccc3ccccc23)n1. The molecule has 0 bridgehead atoms. The lowest BCUT2D eigenvalue weighted by molar-refractivity contribution is 0.274. The molecule has 0 saturated heterocycles. The van der Waals surface area contributed by atoms with Gasteiger partial charge in [-0.05, 0) is 29.0 Å². The minimum absolute atomic E-state index is 0.0369. The first kappa shape index (κ1) is 14.4. The van der Waals surface area contributed by atoms with E-state index in [9.17, 15) is 4.39 Å². The van der Waals surface area contributed by atoms with Crippen molar-refractivity contribution in [3.05, 3.63) is 78.4 Å². The number of halogens is 1. The molecule has 0 aliphatic heterocycles. The molecule has 24 heavy (non-hydrogen) atoms. The van der Waals surface area contributed by atoms with Crippen molar-refractivity contribution < 1.29 is 13.7 Å². The molecule has 0 radical (unpaired) electrons. The van der Waals surface area contributed by atoms with E-state index in [-0.39, 0.29) is 12.4 Å². The topological polar surface area (TPSA) is 48.2 Å². The number of benzene rings is 3. The number of hydrogen-bond donors (Lipinski definition) is 0. The smallest absolute Gasteiger partial charge is 0.258 e. The van der Waals surface area contributed by atoms with Gasteiger partial charge in [-0.2, -0.15) is 4.98 Å². The molecular weight excluding hydrogens is 307 g/mol. The Morgan fingerprint density at radius 3 is 2.62 bits per heavy atom. The van der Waals surface area contributed by atoms with E-state index in [0.717, 1.165) is 16.3 Å². The lowest BCUT2D eigenvalue weighted by Crippen LogP contribution is -1.99. The maximum absolute atomic E-state index is 13.5. The van der Waals surface area contributed by atoms with E-state index < -0.39 is 5.82 Å². The maximum Gasteiger partial charge on any atom is 0.258 e. The third-order valence-electron chi connectivity index (χ3n) is 3.68. The van der Waals surface area contributed by atoms with Gasteiger partial charge in [0.25, 0.3) is 5.89 Å². The second-order valence-electron chi connectivity index (χ2n) is 5.26. The summed E-state index contributed by atoms with van der Waals surface area (Å²) in [5, 5.41) is 6.04. The van der Waals surface area contributed by atoms with Crippen molar-refractivity contribution in [2.24, 2.45) is 0 Å². The highest BCUT2D eigenvalue weighted by atomic mass is 19.1. The average Bonchev–Trinajstić information content (AvgIpc) is 3.09. The van der Waals surface area contributed by atoms with Crippen LogP contribution in [0, 0.1) is 5.82 Å². The number of hydrogen-bond acceptors (Lipinski definition) is 4. The van der Waals surface area contributed by atoms with E-state index in [2.05, 4.69) is 10.1 Å². The average molecular weight is 320 g/mol. The van der Waals surface area contributed by atoms with Gasteiger partial charge in [0.05, 0.1) is 0 Å². The van der Waals surface area contributed by atoms with Gasteiger partial charge < -0.3 is 9.26 Å². The third kappa shape index (κ3) is 2.72. The van der Waals surface area contributed by atoms with Crippen LogP contribution < -0.4 is 4.74 Å². The molecule has 1 aromatic heterocycles. The fourth-order valence-electron chi connectivity index (χ4n) is 2.54. The van der Waals surface area contributed by atoms with Gasteiger partial charge in [-0.3, -0.25) is 0 Å². The van der Waals surface area contributed by atoms with E-state index in [1.807, 2.05) is 42.5 Å². The predicted molar refractivity (Wildman–Crippen MR) is 88.0 cm³/mol. The highest BCUT2D eigenvalue weighted by Crippen LogP contribution is 2.27. The molecule has 0 unspecified atom stereocenters. The molecule has 0 spiro atoms. The summed E-state index contributed by atoms with van der Waals surface area (Å²) in [6, 6.07) is 20.1. The summed E-state index contributed by atoms with van der Waals surface area (Å²) in [5.74, 6) is 0.518. The molecule has 4 aromatic rings. The van der Waals surface area contributed by atoms with Crippen molar-refractivity contribution in [2.45, 2.75) is 6.61 Å². The Morgan fingerprint density at radius 2 is 1.71 bits per heavy atom. The summed E-state index contributed by atoms with van der Waals surface area (Å²) in [7, 11) is 0. The van der Waals surface area contributed by atoms with E-state index in [1.165, 1.54) is 6.07 Å². The number of nitrogens with zero attached hydrogens (tertiary/aromatic N) is 2. The van der Waals surface area contributed by atoms with Crippen LogP contribution in [0.5, 0.6) is 5.75 Å². The van der Waals surface area contributed by atoms with E-state index in [1.54, 1.807) is 18.2 Å². The van der Waals surface area contributed by atoms with Gasteiger partial charge in [0.1, 0.15) is 0 Å². The van der Waals surface area contributed by atoms with Gasteiger partial charge in [0.2, 0.25) is 5.82 Å². The number of aromatic nitrogens is 2. The van der Waals surface area contributed by atoms with Gasteiger partial charge in [-0.15, -0.1) is 0 Å². The molecule has 0 amide bonds. The Bertz CT molecular complexity index is 992. The van der Waals surface area contributed by atoms with Crippen LogP contribution in [0.4, 0.5) is 4.39 Å². The fourth-order valence-corrected chi connectivity index (χ4v) is 2.54. The van der Waals surface area contributed by atoms with E-state index in [4.69, 9.17) is 9.26 Å². The lowest BCUT2D eigenvalue weighted by atomic mass is 10.0. The zero-order valence-electron chi connectivity index (χ0n) is 12.6. The van der Waals surface area contributed by atoms with Crippen LogP contribution in [-0.2, 0) is 6.61 Å². The highest BCUT2D eigenvalue weighted by Gasteiger charge is 2.12. The lowest BCUT2D eigenvalue weighted by Gasteiger charge is -2.03. The first-order valence-corrected chi connectivity index (χ1v) is 7.49. The minimum atomic E-state index is -0.421. The summed E-state index contributed by atoms with van der Waals surface area (Å²) in [6.07, 6.45) is 0. The van der Waals surface area contributed by atoms with Crippen molar-refractivity contribution >= 4 is 10.8 Å². The van der Waals surface area contributed by atoms with Gasteiger partial charge in [0, 0.05) is 5.56 Å². The van der Waals surface area contributed by atoms with E-state index >= 15 is 0 Å². The predicted octanol–water partition coefficient (Wildman–Crippen LogP) is 4.61. The van der Waals surface area contributed by atoms with Crippen molar-refractivity contribution in [1.29, 1.82) is 0 Å². The Morgan fingerprint density at radius 1 is 0.917 bits per heavy atom. The standard InChI is InChI=1S/C19H13FN2O2/c20-16-10-3-4-11-17(16)23-12-18-21-19(24-22-18)15-9-5-7-13-6-1-2-8-14(13)15/h1-11H,12H2. The van der Waals surface area contributed by atoms with Gasteiger partial charge in [-0.25, -0.2) is 4.39 Å². The van der Waals surface area contributed by atoms with Crippen LogP contribution in [0.2, 0.25) is 0 Å². The van der Waals surface area contributed by atoms with Gasteiger partial charge >= 0.3 is 0 Å². The number of ether oxygens (including phenoxy) is 1. The molecule has 118 valence electrons. The molecule has 0 saturated carbocycles. The van der Waals surface area contributed by atoms with Crippen LogP contribution in [0.1, 0.15) is 5.82 Å². The molecule has 0 aliphatic rings. The zero-order chi connectivity index (χ0) is 16.4. The minimum Gasteiger partial charge on any atom is -0.482 e. The zero-order valence-corrected chi connectivity index (χ0v) is 12.6. The molecule has 1 heterocycles. The summed E-state index contributed by atoms with van der Waals surface area (Å²) < 4.78 is 24.3. The molecule has 0 N–H and O–H groups in total. The summed E-state index contributed by atoms with van der Waals surface area (Å²) >= 11 is 0. The molecule has 0 atom stereocenters. The molecule has 4 rings (SSSR count). The second-order valence-corrected chi connectivity index (χ2v) is 5.26. The Kier molecular flexibility index (Phi) is 3.67. The molecular formula is C19H13FN2O2. The van der Waals surface area contributed by atoms with Crippen LogP contribution in [0.15, 0.2) is 71.3 Å². The first-order valence-electron chi connectivity index (χ1n) is 7.49. The second kappa shape index (κ2) is 6.12. The van der Waals surface area contributed by atoms with Crippen molar-refractivity contribution in [3.8, 4) is 17.2 Å². The first-order chi connectivity index (χ1) is 11.8. The fraction of sp³-hybridized carbons (Fsp3) is 0.0526. The summed E-state index contributed by atoms with van der Waals surface area (Å²) in [4.78, 5) is 4.35. The molecule has 4 nitrogen and oxygen atoms in total. The Balaban J connectivity index is 1.59. The van der Waals surface area contributed by atoms with Crippen LogP contribution in [-0.4, -0.2) is 10.1 Å². The van der Waals surface area contributed by atoms with Gasteiger partial charge in [-0.1, -0.05) is 53.7 Å². The van der Waals surface area contributed by atoms with E-state index in [0.29, 0.717) is 11.7 Å². The number of rotatable bonds is 4. The molecule has 5 heteroatoms. The quantitative estimate of drug-likeness (QED) is 0.551. The van der Waals surface area contributed by atoms with Crippen molar-refractivity contribution in [1.82, 2.24) is 10.1 Å². The third-order valence-corrected chi connectivity index (χ3v) is 3.68. The van der Waals surface area contributed by atoms with Gasteiger partial charge in [0.15, 0.2) is 18.2 Å². The number of fused-ring (bicyclic) bond motifs is 1. The van der Waals surface area contributed by atoms with Crippen LogP contribution in [0.25, 0.3) is 22.2 Å². The maximum atomic E-state index is 13.5. The van der Waals surface area contributed by atoms with Crippen molar-refractivity contribution in [3.63, 3.8) is 0 Å². The summed E-state index contributed by atoms with van der Waals surface area (Å²) in [6.45, 7) is 0.0369. The Hall–Kier alpha value is -3.21. The molecule has 3 aromatic carbocycles. The normalized spacial score (nSPS) is 10.9. The highest BCUT2D eigenvalue weighted by molar-refractivity contribution is 5.94. The largest absolute Gasteiger partial charge is 0.482 e. The van der Waals surface area contributed by atoms with Crippen LogP contribution >= 0.6 is 0 Å². The monoisotopic (exact) mass is 320 g/mol. The molecule has 0 aliphatic carbocycles. The Labute approximate surface area is 137 Å². The summed E-state index contributed by atoms with van der Waals surface area (Å²) in [5.41, 5.74) is 0.859. The molecule has 0 fully saturated rings.